The Balaban J connectivity index is 1.47. The summed E-state index contributed by atoms with van der Waals surface area (Å²) in [4.78, 5) is 29.4. The van der Waals surface area contributed by atoms with E-state index >= 15 is 0 Å². The van der Waals surface area contributed by atoms with Gasteiger partial charge in [-0.2, -0.15) is 0 Å². The zero-order chi connectivity index (χ0) is 24.4. The molecule has 2 amide bonds. The number of carbonyl (C=O) groups excluding carboxylic acids is 2. The third kappa shape index (κ3) is 4.76. The summed E-state index contributed by atoms with van der Waals surface area (Å²) in [5.41, 5.74) is 4.91. The van der Waals surface area contributed by atoms with E-state index in [0.29, 0.717) is 42.6 Å². The third-order valence-electron chi connectivity index (χ3n) is 6.00. The van der Waals surface area contributed by atoms with Gasteiger partial charge in [0.2, 0.25) is 5.76 Å². The number of benzene rings is 2. The number of morpholine rings is 1. The first-order valence-corrected chi connectivity index (χ1v) is 12.2. The Bertz CT molecular complexity index is 1350. The van der Waals surface area contributed by atoms with E-state index in [1.165, 1.54) is 11.3 Å². The van der Waals surface area contributed by atoms with Gasteiger partial charge in [-0.05, 0) is 25.0 Å². The highest BCUT2D eigenvalue weighted by molar-refractivity contribution is 7.20. The van der Waals surface area contributed by atoms with Crippen LogP contribution < -0.4 is 5.32 Å². The van der Waals surface area contributed by atoms with Gasteiger partial charge in [-0.3, -0.25) is 9.59 Å². The average Bonchev–Trinajstić information content (AvgIpc) is 3.50. The highest BCUT2D eigenvalue weighted by atomic mass is 32.1. The second-order valence-corrected chi connectivity index (χ2v) is 9.45. The topological polar surface area (TPSA) is 84.7 Å². The van der Waals surface area contributed by atoms with Gasteiger partial charge < -0.3 is 19.5 Å². The number of ether oxygens (including phenoxy) is 1. The number of aryl methyl sites for hydroxylation is 1. The van der Waals surface area contributed by atoms with E-state index in [0.717, 1.165) is 27.1 Å². The van der Waals surface area contributed by atoms with E-state index in [1.54, 1.807) is 11.0 Å². The van der Waals surface area contributed by atoms with E-state index in [1.807, 2.05) is 68.4 Å². The highest BCUT2D eigenvalue weighted by Crippen LogP contribution is 2.41. The van der Waals surface area contributed by atoms with Crippen molar-refractivity contribution in [1.82, 2.24) is 10.1 Å². The Hall–Kier alpha value is -3.75. The number of nitrogens with zero attached hydrogens (tertiary/aromatic N) is 2. The molecule has 4 aromatic rings. The van der Waals surface area contributed by atoms with Crippen LogP contribution in [-0.2, 0) is 4.74 Å². The van der Waals surface area contributed by atoms with Crippen LogP contribution >= 0.6 is 11.3 Å². The van der Waals surface area contributed by atoms with Crippen molar-refractivity contribution in [3.05, 3.63) is 83.1 Å². The molecule has 1 aliphatic heterocycles. The fourth-order valence-corrected chi connectivity index (χ4v) is 5.26. The fourth-order valence-electron chi connectivity index (χ4n) is 4.06. The molecule has 0 bridgehead atoms. The molecular weight excluding hydrogens is 462 g/mol. The van der Waals surface area contributed by atoms with Crippen LogP contribution in [0, 0.1) is 13.8 Å². The highest BCUT2D eigenvalue weighted by Gasteiger charge is 2.28. The van der Waals surface area contributed by atoms with Gasteiger partial charge in [-0.25, -0.2) is 0 Å². The van der Waals surface area contributed by atoms with E-state index < -0.39 is 5.91 Å². The Morgan fingerprint density at radius 1 is 0.971 bits per heavy atom. The Kier molecular flexibility index (Phi) is 6.48. The largest absolute Gasteiger partial charge is 0.378 e. The first-order chi connectivity index (χ1) is 17.0. The molecule has 0 aliphatic carbocycles. The molecule has 1 aliphatic rings. The molecule has 0 saturated carbocycles. The monoisotopic (exact) mass is 487 g/mol. The molecule has 2 aromatic carbocycles. The van der Waals surface area contributed by atoms with Gasteiger partial charge in [0.05, 0.1) is 18.8 Å². The van der Waals surface area contributed by atoms with Gasteiger partial charge in [0.15, 0.2) is 0 Å². The Morgan fingerprint density at radius 2 is 1.69 bits per heavy atom. The summed E-state index contributed by atoms with van der Waals surface area (Å²) in [5.74, 6) is -0.483. The number of rotatable bonds is 5. The van der Waals surface area contributed by atoms with Crippen LogP contribution in [0.3, 0.4) is 0 Å². The summed E-state index contributed by atoms with van der Waals surface area (Å²) >= 11 is 1.39. The second-order valence-electron chi connectivity index (χ2n) is 8.43. The van der Waals surface area contributed by atoms with Crippen molar-refractivity contribution in [2.75, 3.05) is 31.6 Å². The van der Waals surface area contributed by atoms with Crippen molar-refractivity contribution < 1.29 is 18.8 Å². The number of amides is 2. The molecule has 5 rings (SSSR count). The standard InChI is InChI=1S/C27H25N3O4S/c1-17-8-10-19(11-9-17)21-16-22(34-29-21)25(31)28-26-23(27(32)30-12-14-33-15-13-30)18(2)24(35-26)20-6-4-3-5-7-20/h3-11,16H,12-15H2,1-2H3,(H,28,31). The van der Waals surface area contributed by atoms with Crippen LogP contribution in [0.25, 0.3) is 21.7 Å². The zero-order valence-electron chi connectivity index (χ0n) is 19.5. The number of aromatic nitrogens is 1. The lowest BCUT2D eigenvalue weighted by atomic mass is 10.1. The number of hydrogen-bond acceptors (Lipinski definition) is 6. The quantitative estimate of drug-likeness (QED) is 0.407. The number of nitrogens with one attached hydrogen (secondary N) is 1. The van der Waals surface area contributed by atoms with E-state index in [-0.39, 0.29) is 11.7 Å². The molecule has 178 valence electrons. The Morgan fingerprint density at radius 3 is 2.40 bits per heavy atom. The lowest BCUT2D eigenvalue weighted by Gasteiger charge is -2.27. The molecule has 1 N–H and O–H groups in total. The predicted octanol–water partition coefficient (Wildman–Crippen LogP) is 5.41. The molecule has 2 aromatic heterocycles. The Labute approximate surface area is 207 Å². The number of thiophene rings is 1. The van der Waals surface area contributed by atoms with Crippen molar-refractivity contribution in [3.8, 4) is 21.7 Å². The fraction of sp³-hybridized carbons (Fsp3) is 0.222. The van der Waals surface area contributed by atoms with Crippen LogP contribution in [0.4, 0.5) is 5.00 Å². The molecule has 1 fully saturated rings. The molecule has 35 heavy (non-hydrogen) atoms. The van der Waals surface area contributed by atoms with E-state index in [4.69, 9.17) is 9.26 Å². The molecular formula is C27H25N3O4S. The molecule has 0 spiro atoms. The molecule has 0 atom stereocenters. The number of hydrogen-bond donors (Lipinski definition) is 1. The second kappa shape index (κ2) is 9.85. The summed E-state index contributed by atoms with van der Waals surface area (Å²) in [6, 6.07) is 19.3. The van der Waals surface area contributed by atoms with E-state index in [9.17, 15) is 9.59 Å². The smallest absolute Gasteiger partial charge is 0.294 e. The predicted molar refractivity (Wildman–Crippen MR) is 136 cm³/mol. The molecule has 7 nitrogen and oxygen atoms in total. The summed E-state index contributed by atoms with van der Waals surface area (Å²) in [7, 11) is 0. The van der Waals surface area contributed by atoms with Crippen LogP contribution in [0.5, 0.6) is 0 Å². The maximum absolute atomic E-state index is 13.5. The van der Waals surface area contributed by atoms with Crippen LogP contribution in [-0.4, -0.2) is 48.2 Å². The average molecular weight is 488 g/mol. The molecule has 0 unspecified atom stereocenters. The maximum atomic E-state index is 13.5. The summed E-state index contributed by atoms with van der Waals surface area (Å²) in [5, 5.41) is 7.47. The third-order valence-corrected chi connectivity index (χ3v) is 7.26. The maximum Gasteiger partial charge on any atom is 0.294 e. The van der Waals surface area contributed by atoms with Crippen molar-refractivity contribution >= 4 is 28.2 Å². The SMILES string of the molecule is Cc1ccc(-c2cc(C(=O)Nc3sc(-c4ccccc4)c(C)c3C(=O)N3CCOCC3)on2)cc1. The number of anilines is 1. The summed E-state index contributed by atoms with van der Waals surface area (Å²) in [6.07, 6.45) is 0. The van der Waals surface area contributed by atoms with Gasteiger partial charge in [0.25, 0.3) is 11.8 Å². The first kappa shape index (κ1) is 23.0. The molecule has 3 heterocycles. The van der Waals surface area contributed by atoms with Crippen LogP contribution in [0.15, 0.2) is 65.2 Å². The van der Waals surface area contributed by atoms with Gasteiger partial charge in [0.1, 0.15) is 10.7 Å². The van der Waals surface area contributed by atoms with Gasteiger partial charge >= 0.3 is 0 Å². The normalized spacial score (nSPS) is 13.6. The summed E-state index contributed by atoms with van der Waals surface area (Å²) < 4.78 is 10.8. The van der Waals surface area contributed by atoms with Crippen LogP contribution in [0.2, 0.25) is 0 Å². The van der Waals surface area contributed by atoms with Crippen molar-refractivity contribution in [2.24, 2.45) is 0 Å². The molecule has 1 saturated heterocycles. The van der Waals surface area contributed by atoms with Gasteiger partial charge in [-0.1, -0.05) is 65.3 Å². The molecule has 8 heteroatoms. The van der Waals surface area contributed by atoms with Crippen LogP contribution in [0.1, 0.15) is 32.0 Å². The minimum absolute atomic E-state index is 0.0812. The zero-order valence-corrected chi connectivity index (χ0v) is 20.4. The van der Waals surface area contributed by atoms with E-state index in [2.05, 4.69) is 10.5 Å². The lowest BCUT2D eigenvalue weighted by Crippen LogP contribution is -2.41. The van der Waals surface area contributed by atoms with Crippen molar-refractivity contribution in [2.45, 2.75) is 13.8 Å². The van der Waals surface area contributed by atoms with Crippen molar-refractivity contribution in [1.29, 1.82) is 0 Å². The minimum atomic E-state index is -0.451. The van der Waals surface area contributed by atoms with Gasteiger partial charge in [0, 0.05) is 29.6 Å². The number of carbonyl (C=O) groups is 2. The first-order valence-electron chi connectivity index (χ1n) is 11.4. The minimum Gasteiger partial charge on any atom is -0.378 e. The molecule has 0 radical (unpaired) electrons. The van der Waals surface area contributed by atoms with Gasteiger partial charge in [-0.15, -0.1) is 11.3 Å². The lowest BCUT2D eigenvalue weighted by molar-refractivity contribution is 0.0303. The van der Waals surface area contributed by atoms with Crippen molar-refractivity contribution in [3.63, 3.8) is 0 Å². The summed E-state index contributed by atoms with van der Waals surface area (Å²) in [6.45, 7) is 5.97.